The second-order valence-electron chi connectivity index (χ2n) is 2.67. The van der Waals surface area contributed by atoms with Gasteiger partial charge in [-0.1, -0.05) is 5.16 Å². The van der Waals surface area contributed by atoms with E-state index < -0.39 is 0 Å². The molecule has 1 aliphatic rings. The molecule has 0 unspecified atom stereocenters. The van der Waals surface area contributed by atoms with E-state index in [1.54, 1.807) is 6.07 Å². The van der Waals surface area contributed by atoms with Gasteiger partial charge in [0.25, 0.3) is 0 Å². The first-order chi connectivity index (χ1) is 6.34. The number of nitrogens with zero attached hydrogens (tertiary/aromatic N) is 1. The molecule has 2 rings (SSSR count). The van der Waals surface area contributed by atoms with Crippen molar-refractivity contribution in [3.63, 3.8) is 0 Å². The first-order valence-electron chi connectivity index (χ1n) is 3.93. The van der Waals surface area contributed by atoms with Crippen LogP contribution in [-0.2, 0) is 4.74 Å². The molecule has 0 aromatic carbocycles. The van der Waals surface area contributed by atoms with Crippen LogP contribution in [0.4, 0.5) is 10.6 Å². The summed E-state index contributed by atoms with van der Waals surface area (Å²) in [6.07, 6.45) is 0.970. The number of amides is 1. The SMILES string of the molecule is O=C1NC[C@H](CNc2ccon2)O1. The number of aromatic nitrogens is 1. The normalized spacial score (nSPS) is 20.9. The van der Waals surface area contributed by atoms with Crippen molar-refractivity contribution in [2.75, 3.05) is 18.4 Å². The smallest absolute Gasteiger partial charge is 0.407 e. The van der Waals surface area contributed by atoms with Crippen molar-refractivity contribution in [3.05, 3.63) is 12.3 Å². The average molecular weight is 183 g/mol. The minimum atomic E-state index is -0.369. The summed E-state index contributed by atoms with van der Waals surface area (Å²) in [4.78, 5) is 10.6. The van der Waals surface area contributed by atoms with E-state index >= 15 is 0 Å². The van der Waals surface area contributed by atoms with E-state index in [0.717, 1.165) is 0 Å². The van der Waals surface area contributed by atoms with Gasteiger partial charge in [-0.25, -0.2) is 4.79 Å². The van der Waals surface area contributed by atoms with Crippen molar-refractivity contribution < 1.29 is 14.1 Å². The summed E-state index contributed by atoms with van der Waals surface area (Å²) < 4.78 is 9.50. The molecule has 13 heavy (non-hydrogen) atoms. The van der Waals surface area contributed by atoms with E-state index in [1.807, 2.05) is 0 Å². The Morgan fingerprint density at radius 2 is 2.69 bits per heavy atom. The van der Waals surface area contributed by atoms with Gasteiger partial charge >= 0.3 is 6.09 Å². The zero-order valence-corrected chi connectivity index (χ0v) is 6.82. The summed E-state index contributed by atoms with van der Waals surface area (Å²) in [6.45, 7) is 1.06. The van der Waals surface area contributed by atoms with Crippen LogP contribution in [0.1, 0.15) is 0 Å². The van der Waals surface area contributed by atoms with Crippen molar-refractivity contribution in [1.82, 2.24) is 10.5 Å². The highest BCUT2D eigenvalue weighted by atomic mass is 16.6. The minimum absolute atomic E-state index is 0.135. The maximum Gasteiger partial charge on any atom is 0.407 e. The number of hydrogen-bond donors (Lipinski definition) is 2. The molecule has 70 valence electrons. The van der Waals surface area contributed by atoms with E-state index in [4.69, 9.17) is 4.74 Å². The summed E-state index contributed by atoms with van der Waals surface area (Å²) in [5.74, 6) is 0.642. The zero-order chi connectivity index (χ0) is 9.10. The Kier molecular flexibility index (Phi) is 2.03. The summed E-state index contributed by atoms with van der Waals surface area (Å²) in [7, 11) is 0. The Bertz CT molecular complexity index is 285. The van der Waals surface area contributed by atoms with E-state index in [2.05, 4.69) is 20.3 Å². The Hall–Kier alpha value is -1.72. The highest BCUT2D eigenvalue weighted by Gasteiger charge is 2.21. The predicted molar refractivity (Wildman–Crippen MR) is 43.3 cm³/mol. The van der Waals surface area contributed by atoms with Crippen LogP contribution < -0.4 is 10.6 Å². The Balaban J connectivity index is 1.77. The fraction of sp³-hybridized carbons (Fsp3) is 0.429. The molecule has 1 amide bonds. The number of ether oxygens (including phenoxy) is 1. The van der Waals surface area contributed by atoms with Crippen molar-refractivity contribution in [3.8, 4) is 0 Å². The van der Waals surface area contributed by atoms with Gasteiger partial charge in [-0.3, -0.25) is 0 Å². The summed E-state index contributed by atoms with van der Waals surface area (Å²) in [5.41, 5.74) is 0. The maximum atomic E-state index is 10.6. The number of anilines is 1. The van der Waals surface area contributed by atoms with Crippen LogP contribution in [0.5, 0.6) is 0 Å². The van der Waals surface area contributed by atoms with Crippen molar-refractivity contribution in [2.24, 2.45) is 0 Å². The van der Waals surface area contributed by atoms with Gasteiger partial charge in [0.1, 0.15) is 12.4 Å². The van der Waals surface area contributed by atoms with Gasteiger partial charge in [-0.2, -0.15) is 0 Å². The molecule has 1 aliphatic heterocycles. The van der Waals surface area contributed by atoms with E-state index in [0.29, 0.717) is 18.9 Å². The number of rotatable bonds is 3. The maximum absolute atomic E-state index is 10.6. The molecule has 0 radical (unpaired) electrons. The zero-order valence-electron chi connectivity index (χ0n) is 6.82. The average Bonchev–Trinajstić information content (AvgIpc) is 2.71. The molecule has 1 fully saturated rings. The second-order valence-corrected chi connectivity index (χ2v) is 2.67. The van der Waals surface area contributed by atoms with Gasteiger partial charge in [0.05, 0.1) is 13.1 Å². The second kappa shape index (κ2) is 3.34. The van der Waals surface area contributed by atoms with Crippen molar-refractivity contribution in [1.29, 1.82) is 0 Å². The van der Waals surface area contributed by atoms with Gasteiger partial charge in [0.2, 0.25) is 0 Å². The monoisotopic (exact) mass is 183 g/mol. The highest BCUT2D eigenvalue weighted by Crippen LogP contribution is 2.04. The summed E-state index contributed by atoms with van der Waals surface area (Å²) >= 11 is 0. The third-order valence-corrected chi connectivity index (χ3v) is 1.70. The Morgan fingerprint density at radius 1 is 1.77 bits per heavy atom. The first kappa shape index (κ1) is 7.90. The number of carbonyl (C=O) groups is 1. The lowest BCUT2D eigenvalue weighted by Crippen LogP contribution is -2.23. The molecule has 0 spiro atoms. The number of carbonyl (C=O) groups excluding carboxylic acids is 1. The first-order valence-corrected chi connectivity index (χ1v) is 3.93. The molecular weight excluding hydrogens is 174 g/mol. The van der Waals surface area contributed by atoms with Crippen molar-refractivity contribution in [2.45, 2.75) is 6.10 Å². The topological polar surface area (TPSA) is 76.4 Å². The van der Waals surface area contributed by atoms with E-state index in [-0.39, 0.29) is 12.2 Å². The number of hydrogen-bond acceptors (Lipinski definition) is 5. The lowest BCUT2D eigenvalue weighted by atomic mass is 10.3. The van der Waals surface area contributed by atoms with Crippen LogP contribution >= 0.6 is 0 Å². The molecule has 0 bridgehead atoms. The quantitative estimate of drug-likeness (QED) is 0.699. The van der Waals surface area contributed by atoms with Crippen LogP contribution in [-0.4, -0.2) is 30.4 Å². The third-order valence-electron chi connectivity index (χ3n) is 1.70. The summed E-state index contributed by atoms with van der Waals surface area (Å²) in [5, 5.41) is 9.17. The molecule has 0 saturated carbocycles. The number of nitrogens with one attached hydrogen (secondary N) is 2. The Labute approximate surface area is 74.2 Å². The van der Waals surface area contributed by atoms with Crippen LogP contribution in [0.3, 0.4) is 0 Å². The fourth-order valence-corrected chi connectivity index (χ4v) is 1.07. The van der Waals surface area contributed by atoms with Crippen LogP contribution in [0.15, 0.2) is 16.9 Å². The lowest BCUT2D eigenvalue weighted by Gasteiger charge is -2.06. The molecule has 0 aliphatic carbocycles. The predicted octanol–water partition coefficient (Wildman–Crippen LogP) is 0.195. The van der Waals surface area contributed by atoms with Gasteiger partial charge in [-0.05, 0) is 0 Å². The van der Waals surface area contributed by atoms with Gasteiger partial charge in [0.15, 0.2) is 5.82 Å². The van der Waals surface area contributed by atoms with Crippen LogP contribution in [0.2, 0.25) is 0 Å². The molecule has 1 saturated heterocycles. The molecule has 6 nitrogen and oxygen atoms in total. The molecule has 1 aromatic heterocycles. The van der Waals surface area contributed by atoms with Gasteiger partial charge in [-0.15, -0.1) is 0 Å². The summed E-state index contributed by atoms with van der Waals surface area (Å²) in [6, 6.07) is 1.70. The largest absolute Gasteiger partial charge is 0.442 e. The molecule has 2 N–H and O–H groups in total. The van der Waals surface area contributed by atoms with Crippen LogP contribution in [0, 0.1) is 0 Å². The van der Waals surface area contributed by atoms with Crippen molar-refractivity contribution >= 4 is 11.9 Å². The van der Waals surface area contributed by atoms with E-state index in [9.17, 15) is 4.79 Å². The fourth-order valence-electron chi connectivity index (χ4n) is 1.07. The van der Waals surface area contributed by atoms with Gasteiger partial charge < -0.3 is 19.9 Å². The van der Waals surface area contributed by atoms with E-state index in [1.165, 1.54) is 6.26 Å². The number of alkyl carbamates (subject to hydrolysis) is 1. The molecule has 1 atom stereocenters. The molecule has 2 heterocycles. The van der Waals surface area contributed by atoms with Gasteiger partial charge in [0, 0.05) is 6.07 Å². The standard InChI is InChI=1S/C7H9N3O3/c11-7-9-4-5(13-7)3-8-6-1-2-12-10-6/h1-2,5H,3-4H2,(H,8,10)(H,9,11)/t5-/m0/s1. The third kappa shape index (κ3) is 1.90. The van der Waals surface area contributed by atoms with Crippen LogP contribution in [0.25, 0.3) is 0 Å². The minimum Gasteiger partial charge on any atom is -0.442 e. The lowest BCUT2D eigenvalue weighted by molar-refractivity contribution is 0.145. The Morgan fingerprint density at radius 3 is 3.31 bits per heavy atom. The molecular formula is C7H9N3O3. The molecule has 6 heteroatoms. The molecule has 1 aromatic rings. The number of cyclic esters (lactones) is 1. The highest BCUT2D eigenvalue weighted by molar-refractivity contribution is 5.69.